The van der Waals surface area contributed by atoms with E-state index in [1.54, 1.807) is 0 Å². The number of ether oxygens (including phenoxy) is 1. The Hall–Kier alpha value is -0.530. The molecule has 0 aromatic rings. The van der Waals surface area contributed by atoms with Crippen molar-refractivity contribution in [3.8, 4) is 0 Å². The van der Waals surface area contributed by atoms with Crippen LogP contribution in [0.5, 0.6) is 0 Å². The molecule has 0 heterocycles. The molecule has 2 heteroatoms. The first-order valence-electron chi connectivity index (χ1n) is 5.38. The number of hydrogen-bond acceptors (Lipinski definition) is 2. The monoisotopic (exact) mass is 200 g/mol. The van der Waals surface area contributed by atoms with Gasteiger partial charge in [0.05, 0.1) is 6.42 Å². The lowest BCUT2D eigenvalue weighted by Crippen LogP contribution is -2.29. The van der Waals surface area contributed by atoms with Crippen LogP contribution in [0.2, 0.25) is 0 Å². The van der Waals surface area contributed by atoms with Crippen molar-refractivity contribution in [2.75, 3.05) is 0 Å². The molecule has 0 aliphatic carbocycles. The van der Waals surface area contributed by atoms with E-state index in [1.807, 2.05) is 34.6 Å². The number of rotatable bonds is 4. The van der Waals surface area contributed by atoms with E-state index in [0.717, 1.165) is 12.8 Å². The van der Waals surface area contributed by atoms with E-state index < -0.39 is 0 Å². The second-order valence-corrected chi connectivity index (χ2v) is 5.72. The van der Waals surface area contributed by atoms with Crippen LogP contribution in [-0.4, -0.2) is 11.6 Å². The number of esters is 1. The molecule has 0 unspecified atom stereocenters. The molecular weight excluding hydrogens is 176 g/mol. The van der Waals surface area contributed by atoms with Crippen LogP contribution in [0, 0.1) is 5.41 Å². The molecule has 14 heavy (non-hydrogen) atoms. The highest BCUT2D eigenvalue weighted by Gasteiger charge is 2.24. The first kappa shape index (κ1) is 13.5. The lowest BCUT2D eigenvalue weighted by Gasteiger charge is -2.26. The Balaban J connectivity index is 4.06. The maximum Gasteiger partial charge on any atom is 0.306 e. The Morgan fingerprint density at radius 1 is 1.14 bits per heavy atom. The van der Waals surface area contributed by atoms with Crippen LogP contribution in [0.4, 0.5) is 0 Å². The van der Waals surface area contributed by atoms with E-state index in [-0.39, 0.29) is 17.0 Å². The predicted octanol–water partition coefficient (Wildman–Crippen LogP) is 3.54. The molecule has 0 fully saturated rings. The highest BCUT2D eigenvalue weighted by atomic mass is 16.6. The van der Waals surface area contributed by atoms with Gasteiger partial charge in [-0.25, -0.2) is 0 Å². The van der Waals surface area contributed by atoms with Crippen LogP contribution in [-0.2, 0) is 9.53 Å². The van der Waals surface area contributed by atoms with Gasteiger partial charge >= 0.3 is 5.97 Å². The zero-order valence-corrected chi connectivity index (χ0v) is 10.4. The summed E-state index contributed by atoms with van der Waals surface area (Å²) in [4.78, 5) is 11.5. The fraction of sp³-hybridized carbons (Fsp3) is 0.917. The van der Waals surface area contributed by atoms with E-state index in [4.69, 9.17) is 4.74 Å². The maximum absolute atomic E-state index is 11.5. The maximum atomic E-state index is 11.5. The topological polar surface area (TPSA) is 26.3 Å². The third kappa shape index (κ3) is 6.93. The molecule has 0 spiro atoms. The van der Waals surface area contributed by atoms with Gasteiger partial charge in [-0.3, -0.25) is 4.79 Å². The normalized spacial score (nSPS) is 12.7. The third-order valence-corrected chi connectivity index (χ3v) is 1.92. The van der Waals surface area contributed by atoms with Crippen molar-refractivity contribution >= 4 is 5.97 Å². The van der Waals surface area contributed by atoms with Crippen molar-refractivity contribution in [2.24, 2.45) is 5.41 Å². The van der Waals surface area contributed by atoms with Gasteiger partial charge in [0.2, 0.25) is 0 Å². The van der Waals surface area contributed by atoms with E-state index >= 15 is 0 Å². The Bertz CT molecular complexity index is 187. The fourth-order valence-electron chi connectivity index (χ4n) is 1.43. The second-order valence-electron chi connectivity index (χ2n) is 5.72. The Kier molecular flexibility index (Phi) is 4.63. The highest BCUT2D eigenvalue weighted by Crippen LogP contribution is 2.23. The van der Waals surface area contributed by atoms with Crippen LogP contribution in [0.1, 0.15) is 60.8 Å². The van der Waals surface area contributed by atoms with Crippen LogP contribution in [0.3, 0.4) is 0 Å². The minimum atomic E-state index is -0.308. The molecule has 0 bridgehead atoms. The van der Waals surface area contributed by atoms with Gasteiger partial charge in [-0.05, 0) is 25.7 Å². The molecule has 0 amide bonds. The minimum absolute atomic E-state index is 0.0133. The van der Waals surface area contributed by atoms with E-state index in [1.165, 1.54) is 0 Å². The first-order chi connectivity index (χ1) is 6.16. The summed E-state index contributed by atoms with van der Waals surface area (Å²) in [7, 11) is 0. The smallest absolute Gasteiger partial charge is 0.306 e. The van der Waals surface area contributed by atoms with E-state index in [2.05, 4.69) is 6.92 Å². The molecule has 0 aromatic heterocycles. The van der Waals surface area contributed by atoms with Crippen LogP contribution >= 0.6 is 0 Å². The predicted molar refractivity (Wildman–Crippen MR) is 59.2 cm³/mol. The average Bonchev–Trinajstić information content (AvgIpc) is 1.78. The largest absolute Gasteiger partial charge is 0.460 e. The molecule has 0 aromatic carbocycles. The fourth-order valence-corrected chi connectivity index (χ4v) is 1.43. The summed E-state index contributed by atoms with van der Waals surface area (Å²) in [6.07, 6.45) is 2.44. The summed E-state index contributed by atoms with van der Waals surface area (Å²) in [6.45, 7) is 12.2. The molecule has 0 N–H and O–H groups in total. The molecule has 0 aliphatic heterocycles. The van der Waals surface area contributed by atoms with Crippen LogP contribution in [0.25, 0.3) is 0 Å². The van der Waals surface area contributed by atoms with E-state index in [0.29, 0.717) is 6.42 Å². The van der Waals surface area contributed by atoms with Crippen LogP contribution in [0.15, 0.2) is 0 Å². The molecule has 0 saturated carbocycles. The zero-order chi connectivity index (χ0) is 11.4. The number of carbonyl (C=O) groups excluding carboxylic acids is 1. The average molecular weight is 200 g/mol. The van der Waals surface area contributed by atoms with Gasteiger partial charge in [0, 0.05) is 0 Å². The molecule has 0 saturated heterocycles. The highest BCUT2D eigenvalue weighted by molar-refractivity contribution is 5.70. The van der Waals surface area contributed by atoms with Crippen molar-refractivity contribution < 1.29 is 9.53 Å². The Morgan fingerprint density at radius 3 is 2.00 bits per heavy atom. The lowest BCUT2D eigenvalue weighted by atomic mass is 9.92. The van der Waals surface area contributed by atoms with Gasteiger partial charge in [0.15, 0.2) is 0 Å². The molecule has 0 rings (SSSR count). The Morgan fingerprint density at radius 2 is 1.64 bits per heavy atom. The van der Waals surface area contributed by atoms with Gasteiger partial charge in [0.25, 0.3) is 0 Å². The molecule has 0 atom stereocenters. The Labute approximate surface area is 88.0 Å². The zero-order valence-electron chi connectivity index (χ0n) is 10.4. The molecule has 0 radical (unpaired) electrons. The van der Waals surface area contributed by atoms with E-state index in [9.17, 15) is 4.79 Å². The summed E-state index contributed by atoms with van der Waals surface area (Å²) >= 11 is 0. The summed E-state index contributed by atoms with van der Waals surface area (Å²) in [5.41, 5.74) is -0.295. The second kappa shape index (κ2) is 4.81. The number of hydrogen-bond donors (Lipinski definition) is 0. The van der Waals surface area contributed by atoms with Crippen molar-refractivity contribution in [2.45, 2.75) is 66.4 Å². The summed E-state index contributed by atoms with van der Waals surface area (Å²) in [5.74, 6) is -0.0871. The SMILES string of the molecule is CCCC(C)(C)OC(=O)CC(C)(C)C. The molecule has 84 valence electrons. The van der Waals surface area contributed by atoms with Gasteiger partial charge in [-0.1, -0.05) is 34.1 Å². The van der Waals surface area contributed by atoms with Crippen molar-refractivity contribution in [1.29, 1.82) is 0 Å². The van der Waals surface area contributed by atoms with Crippen molar-refractivity contribution in [3.63, 3.8) is 0 Å². The van der Waals surface area contributed by atoms with Crippen LogP contribution < -0.4 is 0 Å². The van der Waals surface area contributed by atoms with Gasteiger partial charge in [-0.15, -0.1) is 0 Å². The standard InChI is InChI=1S/C12H24O2/c1-7-8-12(5,6)14-10(13)9-11(2,3)4/h7-9H2,1-6H3. The number of carbonyl (C=O) groups is 1. The summed E-state index contributed by atoms with van der Waals surface area (Å²) < 4.78 is 5.42. The lowest BCUT2D eigenvalue weighted by molar-refractivity contribution is -0.159. The third-order valence-electron chi connectivity index (χ3n) is 1.92. The van der Waals surface area contributed by atoms with Gasteiger partial charge in [0.1, 0.15) is 5.60 Å². The van der Waals surface area contributed by atoms with Gasteiger partial charge < -0.3 is 4.74 Å². The van der Waals surface area contributed by atoms with Gasteiger partial charge in [-0.2, -0.15) is 0 Å². The first-order valence-corrected chi connectivity index (χ1v) is 5.38. The molecule has 2 nitrogen and oxygen atoms in total. The summed E-state index contributed by atoms with van der Waals surface area (Å²) in [6, 6.07) is 0. The molecular formula is C12H24O2. The molecule has 0 aliphatic rings. The van der Waals surface area contributed by atoms with Crippen molar-refractivity contribution in [3.05, 3.63) is 0 Å². The minimum Gasteiger partial charge on any atom is -0.460 e. The summed E-state index contributed by atoms with van der Waals surface area (Å²) in [5, 5.41) is 0. The van der Waals surface area contributed by atoms with Crippen molar-refractivity contribution in [1.82, 2.24) is 0 Å². The quantitative estimate of drug-likeness (QED) is 0.649.